The van der Waals surface area contributed by atoms with Crippen molar-refractivity contribution >= 4 is 28.8 Å². The first-order valence-corrected chi connectivity index (χ1v) is 5.62. The van der Waals surface area contributed by atoms with E-state index in [1.165, 1.54) is 19.3 Å². The average Bonchev–Trinajstić information content (AvgIpc) is 1.97. The lowest BCUT2D eigenvalue weighted by Gasteiger charge is -2.06. The molecular formula is C9H18IN. The summed E-state index contributed by atoms with van der Waals surface area (Å²) in [5.41, 5.74) is 0. The molecule has 0 heterocycles. The number of halogens is 1. The molecule has 0 aliphatic carbocycles. The van der Waals surface area contributed by atoms with E-state index in [1.54, 1.807) is 0 Å². The molecule has 0 bridgehead atoms. The smallest absolute Gasteiger partial charge is 0.0978 e. The molecule has 0 amide bonds. The molecule has 0 saturated heterocycles. The van der Waals surface area contributed by atoms with E-state index in [0.29, 0.717) is 9.97 Å². The van der Waals surface area contributed by atoms with E-state index in [9.17, 15) is 0 Å². The zero-order chi connectivity index (χ0) is 8.69. The summed E-state index contributed by atoms with van der Waals surface area (Å²) in [7, 11) is 0. The van der Waals surface area contributed by atoms with Crippen LogP contribution in [-0.2, 0) is 0 Å². The van der Waals surface area contributed by atoms with Crippen LogP contribution in [0.3, 0.4) is 0 Å². The molecule has 1 nitrogen and oxygen atoms in total. The Balaban J connectivity index is 3.66. The number of rotatable bonds is 5. The van der Waals surface area contributed by atoms with Gasteiger partial charge in [-0.1, -0.05) is 42.9 Å². The van der Waals surface area contributed by atoms with Crippen LogP contribution < -0.4 is 0 Å². The third kappa shape index (κ3) is 6.78. The minimum Gasteiger partial charge on any atom is -0.284 e. The van der Waals surface area contributed by atoms with Crippen LogP contribution in [0.5, 0.6) is 0 Å². The van der Waals surface area contributed by atoms with Gasteiger partial charge in [-0.15, -0.1) is 0 Å². The molecule has 0 aromatic carbocycles. The summed E-state index contributed by atoms with van der Waals surface area (Å²) in [6.07, 6.45) is 5.89. The molecule has 2 heteroatoms. The van der Waals surface area contributed by atoms with Crippen LogP contribution in [0.4, 0.5) is 0 Å². The molecule has 0 aliphatic rings. The van der Waals surface area contributed by atoms with Gasteiger partial charge in [0.25, 0.3) is 0 Å². The van der Waals surface area contributed by atoms with Gasteiger partial charge >= 0.3 is 0 Å². The maximum absolute atomic E-state index is 4.38. The molecule has 2 atom stereocenters. The Bertz CT molecular complexity index is 110. The van der Waals surface area contributed by atoms with Crippen molar-refractivity contribution in [3.05, 3.63) is 0 Å². The van der Waals surface area contributed by atoms with E-state index in [4.69, 9.17) is 0 Å². The third-order valence-corrected chi connectivity index (χ3v) is 2.01. The van der Waals surface area contributed by atoms with E-state index < -0.39 is 0 Å². The standard InChI is InChI=1S/C9H18IN/c1-4-6-9(5-2)7-11-8(3)10/h7-9H,4-6H2,1-3H3. The van der Waals surface area contributed by atoms with Gasteiger partial charge in [-0.3, -0.25) is 4.99 Å². The lowest BCUT2D eigenvalue weighted by atomic mass is 10.0. The lowest BCUT2D eigenvalue weighted by Crippen LogP contribution is -2.00. The molecule has 0 aliphatic heterocycles. The first-order chi connectivity index (χ1) is 5.20. The topological polar surface area (TPSA) is 12.4 Å². The second-order valence-corrected chi connectivity index (χ2v) is 4.63. The fraction of sp³-hybridized carbons (Fsp3) is 0.889. The summed E-state index contributed by atoms with van der Waals surface area (Å²) >= 11 is 2.32. The molecule has 0 radical (unpaired) electrons. The zero-order valence-corrected chi connectivity index (χ0v) is 9.84. The molecular weight excluding hydrogens is 249 g/mol. The Labute approximate surface area is 83.8 Å². The highest BCUT2D eigenvalue weighted by molar-refractivity contribution is 14.1. The monoisotopic (exact) mass is 267 g/mol. The van der Waals surface area contributed by atoms with Gasteiger partial charge in [0.2, 0.25) is 0 Å². The van der Waals surface area contributed by atoms with Crippen molar-refractivity contribution in [2.45, 2.75) is 44.1 Å². The van der Waals surface area contributed by atoms with E-state index in [2.05, 4.69) is 54.6 Å². The van der Waals surface area contributed by atoms with Crippen LogP contribution in [0.1, 0.15) is 40.0 Å². The predicted octanol–water partition coefficient (Wildman–Crippen LogP) is 3.66. The highest BCUT2D eigenvalue weighted by Gasteiger charge is 2.00. The van der Waals surface area contributed by atoms with Crippen LogP contribution in [0.15, 0.2) is 4.99 Å². The van der Waals surface area contributed by atoms with Crippen LogP contribution in [0.2, 0.25) is 0 Å². The minimum atomic E-state index is 0.429. The minimum absolute atomic E-state index is 0.429. The Morgan fingerprint density at radius 3 is 2.45 bits per heavy atom. The molecule has 0 aromatic heterocycles. The molecule has 2 unspecified atom stereocenters. The van der Waals surface area contributed by atoms with Crippen LogP contribution in [0, 0.1) is 5.92 Å². The van der Waals surface area contributed by atoms with Crippen LogP contribution in [-0.4, -0.2) is 10.3 Å². The Morgan fingerprint density at radius 2 is 2.09 bits per heavy atom. The molecule has 0 rings (SSSR count). The van der Waals surface area contributed by atoms with Gasteiger partial charge in [0, 0.05) is 6.21 Å². The van der Waals surface area contributed by atoms with Crippen LogP contribution >= 0.6 is 22.6 Å². The van der Waals surface area contributed by atoms with E-state index >= 15 is 0 Å². The Hall–Kier alpha value is 0.400. The van der Waals surface area contributed by atoms with Gasteiger partial charge in [-0.05, 0) is 25.7 Å². The fourth-order valence-corrected chi connectivity index (χ4v) is 1.18. The van der Waals surface area contributed by atoms with Crippen molar-refractivity contribution < 1.29 is 0 Å². The molecule has 0 fully saturated rings. The van der Waals surface area contributed by atoms with Crippen molar-refractivity contribution in [3.8, 4) is 0 Å². The third-order valence-electron chi connectivity index (χ3n) is 1.69. The summed E-state index contributed by atoms with van der Waals surface area (Å²) in [6.45, 7) is 6.56. The normalized spacial score (nSPS) is 17.1. The highest BCUT2D eigenvalue weighted by atomic mass is 127. The molecule has 0 aromatic rings. The number of hydrogen-bond donors (Lipinski definition) is 0. The van der Waals surface area contributed by atoms with Gasteiger partial charge in [-0.2, -0.15) is 0 Å². The summed E-state index contributed by atoms with van der Waals surface area (Å²) in [4.78, 5) is 4.38. The van der Waals surface area contributed by atoms with Crippen molar-refractivity contribution in [1.82, 2.24) is 0 Å². The number of nitrogens with zero attached hydrogens (tertiary/aromatic N) is 1. The lowest BCUT2D eigenvalue weighted by molar-refractivity contribution is 0.603. The first kappa shape index (κ1) is 11.4. The fourth-order valence-electron chi connectivity index (χ4n) is 0.995. The summed E-state index contributed by atoms with van der Waals surface area (Å²) < 4.78 is 0.429. The van der Waals surface area contributed by atoms with E-state index in [-0.39, 0.29) is 0 Å². The average molecular weight is 267 g/mol. The van der Waals surface area contributed by atoms with Crippen molar-refractivity contribution in [2.24, 2.45) is 10.9 Å². The Kier molecular flexibility index (Phi) is 7.33. The van der Waals surface area contributed by atoms with Crippen molar-refractivity contribution in [1.29, 1.82) is 0 Å². The molecule has 0 saturated carbocycles. The summed E-state index contributed by atoms with van der Waals surface area (Å²) in [5, 5.41) is 0. The maximum Gasteiger partial charge on any atom is 0.0978 e. The SMILES string of the molecule is CCCC(C=NC(C)I)CC. The quantitative estimate of drug-likeness (QED) is 0.312. The van der Waals surface area contributed by atoms with Crippen molar-refractivity contribution in [2.75, 3.05) is 0 Å². The van der Waals surface area contributed by atoms with Gasteiger partial charge in [0.1, 0.15) is 0 Å². The summed E-state index contributed by atoms with van der Waals surface area (Å²) in [5.74, 6) is 0.706. The zero-order valence-electron chi connectivity index (χ0n) is 7.68. The predicted molar refractivity (Wildman–Crippen MR) is 60.7 cm³/mol. The van der Waals surface area contributed by atoms with Gasteiger partial charge < -0.3 is 0 Å². The number of hydrogen-bond acceptors (Lipinski definition) is 1. The number of alkyl halides is 1. The second-order valence-electron chi connectivity index (χ2n) is 2.83. The molecule has 0 N–H and O–H groups in total. The Morgan fingerprint density at radius 1 is 1.45 bits per heavy atom. The largest absolute Gasteiger partial charge is 0.284 e. The van der Waals surface area contributed by atoms with E-state index in [1.807, 2.05) is 0 Å². The highest BCUT2D eigenvalue weighted by Crippen LogP contribution is 2.09. The van der Waals surface area contributed by atoms with Crippen molar-refractivity contribution in [3.63, 3.8) is 0 Å². The molecule has 11 heavy (non-hydrogen) atoms. The van der Waals surface area contributed by atoms with Gasteiger partial charge in [0.15, 0.2) is 0 Å². The first-order valence-electron chi connectivity index (χ1n) is 4.38. The van der Waals surface area contributed by atoms with Gasteiger partial charge in [-0.25, -0.2) is 0 Å². The van der Waals surface area contributed by atoms with Crippen LogP contribution in [0.25, 0.3) is 0 Å². The molecule has 66 valence electrons. The number of aliphatic imine (C=N–C) groups is 1. The molecule has 0 spiro atoms. The van der Waals surface area contributed by atoms with Gasteiger partial charge in [0.05, 0.1) is 4.05 Å². The second kappa shape index (κ2) is 7.07. The summed E-state index contributed by atoms with van der Waals surface area (Å²) in [6, 6.07) is 0. The van der Waals surface area contributed by atoms with E-state index in [0.717, 1.165) is 0 Å². The maximum atomic E-state index is 4.38.